The summed E-state index contributed by atoms with van der Waals surface area (Å²) >= 11 is 0. The average Bonchev–Trinajstić information content (AvgIpc) is 2.60. The number of aromatic nitrogens is 2. The monoisotopic (exact) mass is 342 g/mol. The minimum Gasteiger partial charge on any atom is -0.310 e. The van der Waals surface area contributed by atoms with Crippen molar-refractivity contribution in [2.24, 2.45) is 0 Å². The van der Waals surface area contributed by atoms with Crippen molar-refractivity contribution in [2.75, 3.05) is 26.7 Å². The summed E-state index contributed by atoms with van der Waals surface area (Å²) in [7, 11) is 2.19. The third kappa shape index (κ3) is 5.14. The van der Waals surface area contributed by atoms with Crippen LogP contribution in [-0.2, 0) is 13.0 Å². The Morgan fingerprint density at radius 1 is 1.20 bits per heavy atom. The number of nitrogens with one attached hydrogen (secondary N) is 2. The van der Waals surface area contributed by atoms with E-state index < -0.39 is 5.69 Å². The second-order valence-corrected chi connectivity index (χ2v) is 6.86. The van der Waals surface area contributed by atoms with E-state index in [2.05, 4.69) is 51.1 Å². The summed E-state index contributed by atoms with van der Waals surface area (Å²) in [4.78, 5) is 32.5. The van der Waals surface area contributed by atoms with Gasteiger partial charge in [-0.15, -0.1) is 0 Å². The van der Waals surface area contributed by atoms with Crippen LogP contribution < -0.4 is 11.2 Å². The van der Waals surface area contributed by atoms with Crippen molar-refractivity contribution < 1.29 is 0 Å². The number of likely N-dealkylation sites (tertiary alicyclic amines) is 1. The van der Waals surface area contributed by atoms with Crippen molar-refractivity contribution in [2.45, 2.75) is 31.8 Å². The number of benzene rings is 1. The van der Waals surface area contributed by atoms with Gasteiger partial charge in [-0.1, -0.05) is 30.3 Å². The molecule has 2 heterocycles. The van der Waals surface area contributed by atoms with E-state index in [4.69, 9.17) is 0 Å². The van der Waals surface area contributed by atoms with Crippen LogP contribution in [0.25, 0.3) is 0 Å². The maximum absolute atomic E-state index is 11.4. The zero-order valence-electron chi connectivity index (χ0n) is 14.7. The summed E-state index contributed by atoms with van der Waals surface area (Å²) in [5, 5.41) is 0. The Morgan fingerprint density at radius 2 is 2.00 bits per heavy atom. The van der Waals surface area contributed by atoms with E-state index in [1.165, 1.54) is 18.1 Å². The van der Waals surface area contributed by atoms with Crippen molar-refractivity contribution in [3.05, 3.63) is 68.5 Å². The van der Waals surface area contributed by atoms with Gasteiger partial charge in [0, 0.05) is 37.4 Å². The Balaban J connectivity index is 1.55. The van der Waals surface area contributed by atoms with E-state index in [1.807, 2.05) is 6.07 Å². The molecule has 0 aliphatic carbocycles. The molecule has 0 amide bonds. The van der Waals surface area contributed by atoms with Crippen LogP contribution in [0.3, 0.4) is 0 Å². The molecule has 1 unspecified atom stereocenters. The van der Waals surface area contributed by atoms with Gasteiger partial charge in [0.2, 0.25) is 0 Å². The quantitative estimate of drug-likeness (QED) is 0.827. The molecule has 1 aromatic carbocycles. The predicted octanol–water partition coefficient (Wildman–Crippen LogP) is 1.20. The van der Waals surface area contributed by atoms with E-state index in [1.54, 1.807) is 0 Å². The van der Waals surface area contributed by atoms with Crippen molar-refractivity contribution in [3.63, 3.8) is 0 Å². The molecular formula is C19H26N4O2. The Labute approximate surface area is 147 Å². The zero-order valence-corrected chi connectivity index (χ0v) is 14.7. The fraction of sp³-hybridized carbons (Fsp3) is 0.474. The highest BCUT2D eigenvalue weighted by Gasteiger charge is 2.23. The smallest absolute Gasteiger partial charge is 0.310 e. The lowest BCUT2D eigenvalue weighted by atomic mass is 10.0. The van der Waals surface area contributed by atoms with Crippen molar-refractivity contribution in [3.8, 4) is 0 Å². The SMILES string of the molecule is CN(CCc1ccccc1)C1CCCN(Cc2cc(=O)[nH]c(=O)[nH]2)C1. The Kier molecular flexibility index (Phi) is 5.83. The molecule has 3 rings (SSSR count). The summed E-state index contributed by atoms with van der Waals surface area (Å²) in [6.07, 6.45) is 3.37. The van der Waals surface area contributed by atoms with Crippen LogP contribution in [-0.4, -0.2) is 52.5 Å². The van der Waals surface area contributed by atoms with E-state index in [-0.39, 0.29) is 5.56 Å². The minimum atomic E-state index is -0.434. The molecule has 134 valence electrons. The summed E-state index contributed by atoms with van der Waals surface area (Å²) in [6, 6.07) is 12.5. The molecule has 0 radical (unpaired) electrons. The molecule has 2 aromatic rings. The highest BCUT2D eigenvalue weighted by atomic mass is 16.2. The average molecular weight is 342 g/mol. The number of likely N-dealkylation sites (N-methyl/N-ethyl adjacent to an activating group) is 1. The lowest BCUT2D eigenvalue weighted by molar-refractivity contribution is 0.111. The molecule has 6 heteroatoms. The van der Waals surface area contributed by atoms with Crippen LogP contribution >= 0.6 is 0 Å². The molecule has 1 aliphatic rings. The molecule has 1 saturated heterocycles. The summed E-state index contributed by atoms with van der Waals surface area (Å²) in [6.45, 7) is 3.60. The molecule has 1 fully saturated rings. The number of aromatic amines is 2. The third-order valence-electron chi connectivity index (χ3n) is 4.91. The van der Waals surface area contributed by atoms with Crippen LogP contribution in [0.2, 0.25) is 0 Å². The normalized spacial score (nSPS) is 18.6. The molecule has 0 spiro atoms. The molecule has 1 aromatic heterocycles. The molecule has 0 saturated carbocycles. The molecule has 25 heavy (non-hydrogen) atoms. The van der Waals surface area contributed by atoms with E-state index >= 15 is 0 Å². The molecule has 6 nitrogen and oxygen atoms in total. The van der Waals surface area contributed by atoms with E-state index in [0.29, 0.717) is 18.3 Å². The first-order chi connectivity index (χ1) is 12.1. The predicted molar refractivity (Wildman–Crippen MR) is 98.8 cm³/mol. The second-order valence-electron chi connectivity index (χ2n) is 6.86. The minimum absolute atomic E-state index is 0.340. The number of H-pyrrole nitrogens is 2. The summed E-state index contributed by atoms with van der Waals surface area (Å²) in [5.74, 6) is 0. The van der Waals surface area contributed by atoms with Gasteiger partial charge in [-0.05, 0) is 38.4 Å². The van der Waals surface area contributed by atoms with Gasteiger partial charge >= 0.3 is 5.69 Å². The fourth-order valence-electron chi connectivity index (χ4n) is 3.51. The number of piperidine rings is 1. The second kappa shape index (κ2) is 8.27. The molecule has 1 aliphatic heterocycles. The van der Waals surface area contributed by atoms with E-state index in [9.17, 15) is 9.59 Å². The van der Waals surface area contributed by atoms with Crippen LogP contribution in [0.4, 0.5) is 0 Å². The fourth-order valence-corrected chi connectivity index (χ4v) is 3.51. The Bertz CT molecular complexity index is 756. The van der Waals surface area contributed by atoms with Crippen molar-refractivity contribution >= 4 is 0 Å². The largest absolute Gasteiger partial charge is 0.325 e. The van der Waals surface area contributed by atoms with Gasteiger partial charge in [-0.25, -0.2) is 4.79 Å². The number of hydrogen-bond acceptors (Lipinski definition) is 4. The van der Waals surface area contributed by atoms with Gasteiger partial charge in [0.1, 0.15) is 0 Å². The molecular weight excluding hydrogens is 316 g/mol. The zero-order chi connectivity index (χ0) is 17.6. The van der Waals surface area contributed by atoms with Crippen LogP contribution in [0.5, 0.6) is 0 Å². The number of nitrogens with zero attached hydrogens (tertiary/aromatic N) is 2. The molecule has 2 N–H and O–H groups in total. The van der Waals surface area contributed by atoms with Gasteiger partial charge in [0.05, 0.1) is 0 Å². The summed E-state index contributed by atoms with van der Waals surface area (Å²) in [5.41, 5.74) is 1.27. The van der Waals surface area contributed by atoms with E-state index in [0.717, 1.165) is 32.5 Å². The topological polar surface area (TPSA) is 72.2 Å². The first kappa shape index (κ1) is 17.6. The van der Waals surface area contributed by atoms with Crippen LogP contribution in [0, 0.1) is 0 Å². The van der Waals surface area contributed by atoms with Crippen LogP contribution in [0.15, 0.2) is 46.0 Å². The van der Waals surface area contributed by atoms with Crippen molar-refractivity contribution in [1.29, 1.82) is 0 Å². The maximum atomic E-state index is 11.4. The lowest BCUT2D eigenvalue weighted by Gasteiger charge is -2.37. The van der Waals surface area contributed by atoms with Gasteiger partial charge < -0.3 is 9.88 Å². The Hall–Kier alpha value is -2.18. The summed E-state index contributed by atoms with van der Waals surface area (Å²) < 4.78 is 0. The Morgan fingerprint density at radius 3 is 2.76 bits per heavy atom. The lowest BCUT2D eigenvalue weighted by Crippen LogP contribution is -2.47. The number of rotatable bonds is 6. The van der Waals surface area contributed by atoms with Gasteiger partial charge in [-0.2, -0.15) is 0 Å². The maximum Gasteiger partial charge on any atom is 0.325 e. The highest BCUT2D eigenvalue weighted by Crippen LogP contribution is 2.16. The highest BCUT2D eigenvalue weighted by molar-refractivity contribution is 5.14. The first-order valence-corrected chi connectivity index (χ1v) is 8.89. The third-order valence-corrected chi connectivity index (χ3v) is 4.91. The molecule has 0 bridgehead atoms. The van der Waals surface area contributed by atoms with Crippen molar-refractivity contribution in [1.82, 2.24) is 19.8 Å². The van der Waals surface area contributed by atoms with Crippen LogP contribution in [0.1, 0.15) is 24.1 Å². The molecule has 1 atom stereocenters. The van der Waals surface area contributed by atoms with Gasteiger partial charge in [-0.3, -0.25) is 14.7 Å². The van der Waals surface area contributed by atoms with Gasteiger partial charge in [0.15, 0.2) is 0 Å². The standard InChI is InChI=1S/C19H26N4O2/c1-22(11-9-15-6-3-2-4-7-15)17-8-5-10-23(14-17)13-16-12-18(24)21-19(25)20-16/h2-4,6-7,12,17H,5,8-11,13-14H2,1H3,(H2,20,21,24,25). The first-order valence-electron chi connectivity index (χ1n) is 8.89. The number of hydrogen-bond donors (Lipinski definition) is 2. The van der Waals surface area contributed by atoms with Gasteiger partial charge in [0.25, 0.3) is 5.56 Å².